The SMILES string of the molecule is O=C(NCC1CN(Cc2ccccc2)CCO1)c1ccc2c(c1)OCO2.O=C(O)/C=C/C(=O)O. The van der Waals surface area contributed by atoms with Crippen molar-refractivity contribution in [3.05, 3.63) is 71.8 Å². The number of benzene rings is 2. The normalized spacial score (nSPS) is 17.0. The van der Waals surface area contributed by atoms with E-state index in [1.54, 1.807) is 18.2 Å². The Kier molecular flexibility index (Phi) is 9.01. The first kappa shape index (κ1) is 24.7. The highest BCUT2D eigenvalue weighted by atomic mass is 16.7. The molecule has 4 rings (SSSR count). The van der Waals surface area contributed by atoms with Gasteiger partial charge in [-0.1, -0.05) is 30.3 Å². The van der Waals surface area contributed by atoms with Crippen LogP contribution in [0.5, 0.6) is 11.5 Å². The number of aliphatic carboxylic acids is 2. The van der Waals surface area contributed by atoms with Gasteiger partial charge in [0, 0.05) is 43.9 Å². The van der Waals surface area contributed by atoms with Gasteiger partial charge < -0.3 is 29.7 Å². The molecule has 0 radical (unpaired) electrons. The summed E-state index contributed by atoms with van der Waals surface area (Å²) in [6.45, 7) is 3.97. The number of nitrogens with one attached hydrogen (secondary N) is 1. The van der Waals surface area contributed by atoms with Gasteiger partial charge in [0.2, 0.25) is 6.79 Å². The summed E-state index contributed by atoms with van der Waals surface area (Å²) in [4.78, 5) is 33.8. The Balaban J connectivity index is 0.000000350. The van der Waals surface area contributed by atoms with Gasteiger partial charge in [-0.05, 0) is 23.8 Å². The number of hydrogen-bond acceptors (Lipinski definition) is 7. The number of carbonyl (C=O) groups excluding carboxylic acids is 1. The lowest BCUT2D eigenvalue weighted by atomic mass is 10.1. The molecule has 2 heterocycles. The van der Waals surface area contributed by atoms with E-state index in [9.17, 15) is 14.4 Å². The fourth-order valence-electron chi connectivity index (χ4n) is 3.38. The lowest BCUT2D eigenvalue weighted by Crippen LogP contribution is -2.47. The molecule has 2 aliphatic heterocycles. The van der Waals surface area contributed by atoms with Gasteiger partial charge in [0.05, 0.1) is 12.7 Å². The average molecular weight is 470 g/mol. The summed E-state index contributed by atoms with van der Waals surface area (Å²) in [5.41, 5.74) is 1.85. The van der Waals surface area contributed by atoms with Crippen LogP contribution >= 0.6 is 0 Å². The van der Waals surface area contributed by atoms with Crippen LogP contribution in [0.2, 0.25) is 0 Å². The van der Waals surface area contributed by atoms with Gasteiger partial charge in [0.1, 0.15) is 0 Å². The van der Waals surface area contributed by atoms with Crippen molar-refractivity contribution in [3.63, 3.8) is 0 Å². The summed E-state index contributed by atoms with van der Waals surface area (Å²) in [5.74, 6) is -1.36. The van der Waals surface area contributed by atoms with Crippen LogP contribution in [0.4, 0.5) is 0 Å². The van der Waals surface area contributed by atoms with Gasteiger partial charge in [-0.15, -0.1) is 0 Å². The zero-order valence-electron chi connectivity index (χ0n) is 18.4. The molecule has 3 N–H and O–H groups in total. The number of amides is 1. The minimum atomic E-state index is -1.26. The first-order valence-corrected chi connectivity index (χ1v) is 10.6. The van der Waals surface area contributed by atoms with Gasteiger partial charge in [-0.2, -0.15) is 0 Å². The Morgan fingerprint density at radius 1 is 1.00 bits per heavy atom. The van der Waals surface area contributed by atoms with Crippen molar-refractivity contribution < 1.29 is 38.8 Å². The number of morpholine rings is 1. The molecule has 180 valence electrons. The van der Waals surface area contributed by atoms with Crippen LogP contribution in [-0.4, -0.2) is 72.1 Å². The van der Waals surface area contributed by atoms with E-state index in [2.05, 4.69) is 34.5 Å². The highest BCUT2D eigenvalue weighted by Crippen LogP contribution is 2.32. The standard InChI is InChI=1S/C20H22N2O4.C4H4O4/c23-20(16-6-7-18-19(10-16)26-14-25-18)21-11-17-13-22(8-9-24-17)12-15-4-2-1-3-5-15;5-3(6)1-2-4(7)8/h1-7,10,17H,8-9,11-14H2,(H,21,23);1-2H,(H,5,6)(H,7,8)/b;2-1+. The van der Waals surface area contributed by atoms with E-state index in [4.69, 9.17) is 24.4 Å². The fourth-order valence-corrected chi connectivity index (χ4v) is 3.38. The van der Waals surface area contributed by atoms with E-state index < -0.39 is 11.9 Å². The Morgan fingerprint density at radius 2 is 1.71 bits per heavy atom. The molecule has 2 aliphatic rings. The Bertz CT molecular complexity index is 1010. The third-order valence-electron chi connectivity index (χ3n) is 4.97. The highest BCUT2D eigenvalue weighted by Gasteiger charge is 2.22. The second-order valence-electron chi connectivity index (χ2n) is 7.50. The second kappa shape index (κ2) is 12.4. The minimum Gasteiger partial charge on any atom is -0.478 e. The Labute approximate surface area is 196 Å². The van der Waals surface area contributed by atoms with E-state index in [0.717, 1.165) is 19.6 Å². The number of carbonyl (C=O) groups is 3. The number of ether oxygens (including phenoxy) is 3. The van der Waals surface area contributed by atoms with Crippen molar-refractivity contribution in [2.24, 2.45) is 0 Å². The lowest BCUT2D eigenvalue weighted by Gasteiger charge is -2.33. The first-order chi connectivity index (χ1) is 16.4. The molecule has 0 aromatic heterocycles. The number of hydrogen-bond donors (Lipinski definition) is 3. The van der Waals surface area contributed by atoms with Crippen LogP contribution in [0.3, 0.4) is 0 Å². The van der Waals surface area contributed by atoms with Gasteiger partial charge in [0.15, 0.2) is 11.5 Å². The summed E-state index contributed by atoms with van der Waals surface area (Å²) in [7, 11) is 0. The third kappa shape index (κ3) is 7.91. The fraction of sp³-hybridized carbons (Fsp3) is 0.292. The predicted molar refractivity (Wildman–Crippen MR) is 121 cm³/mol. The molecule has 2 aromatic carbocycles. The van der Waals surface area contributed by atoms with Gasteiger partial charge in [-0.3, -0.25) is 9.69 Å². The van der Waals surface area contributed by atoms with Gasteiger partial charge >= 0.3 is 11.9 Å². The van der Waals surface area contributed by atoms with Crippen molar-refractivity contribution in [1.29, 1.82) is 0 Å². The smallest absolute Gasteiger partial charge is 0.328 e. The largest absolute Gasteiger partial charge is 0.478 e. The molecular weight excluding hydrogens is 444 g/mol. The maximum Gasteiger partial charge on any atom is 0.328 e. The van der Waals surface area contributed by atoms with Crippen molar-refractivity contribution in [2.45, 2.75) is 12.6 Å². The van der Waals surface area contributed by atoms with Crippen molar-refractivity contribution >= 4 is 17.8 Å². The molecule has 0 aliphatic carbocycles. The molecule has 0 spiro atoms. The zero-order chi connectivity index (χ0) is 24.3. The Morgan fingerprint density at radius 3 is 2.41 bits per heavy atom. The average Bonchev–Trinajstić information content (AvgIpc) is 3.30. The van der Waals surface area contributed by atoms with Crippen LogP contribution in [-0.2, 0) is 20.9 Å². The van der Waals surface area contributed by atoms with E-state index in [-0.39, 0.29) is 18.8 Å². The number of carboxylic acid groups (broad SMARTS) is 2. The lowest BCUT2D eigenvalue weighted by molar-refractivity contribution is -0.134. The van der Waals surface area contributed by atoms with Crippen LogP contribution in [0.15, 0.2) is 60.7 Å². The van der Waals surface area contributed by atoms with Crippen molar-refractivity contribution in [3.8, 4) is 11.5 Å². The summed E-state index contributed by atoms with van der Waals surface area (Å²) in [6.07, 6.45) is 1.11. The maximum atomic E-state index is 12.4. The van der Waals surface area contributed by atoms with Crippen molar-refractivity contribution in [1.82, 2.24) is 10.2 Å². The molecule has 0 saturated carbocycles. The molecule has 2 aromatic rings. The summed E-state index contributed by atoms with van der Waals surface area (Å²) < 4.78 is 16.4. The molecule has 0 bridgehead atoms. The molecule has 1 fully saturated rings. The van der Waals surface area contributed by atoms with E-state index in [1.807, 2.05) is 6.07 Å². The second-order valence-corrected chi connectivity index (χ2v) is 7.50. The van der Waals surface area contributed by atoms with Gasteiger partial charge in [0.25, 0.3) is 5.91 Å². The molecular formula is C24H26N2O8. The predicted octanol–water partition coefficient (Wildman–Crippen LogP) is 1.76. The topological polar surface area (TPSA) is 135 Å². The van der Waals surface area contributed by atoms with Crippen LogP contribution < -0.4 is 14.8 Å². The third-order valence-corrected chi connectivity index (χ3v) is 4.97. The molecule has 1 atom stereocenters. The first-order valence-electron chi connectivity index (χ1n) is 10.6. The van der Waals surface area contributed by atoms with E-state index in [0.29, 0.717) is 42.4 Å². The Hall–Kier alpha value is -3.89. The molecule has 1 unspecified atom stereocenters. The highest BCUT2D eigenvalue weighted by molar-refractivity contribution is 5.95. The number of nitrogens with zero attached hydrogens (tertiary/aromatic N) is 1. The summed E-state index contributed by atoms with van der Waals surface area (Å²) >= 11 is 0. The van der Waals surface area contributed by atoms with Crippen LogP contribution in [0, 0.1) is 0 Å². The van der Waals surface area contributed by atoms with Crippen LogP contribution in [0.1, 0.15) is 15.9 Å². The monoisotopic (exact) mass is 470 g/mol. The molecule has 1 amide bonds. The van der Waals surface area contributed by atoms with Crippen molar-refractivity contribution in [2.75, 3.05) is 33.0 Å². The molecule has 1 saturated heterocycles. The van der Waals surface area contributed by atoms with E-state index in [1.165, 1.54) is 5.56 Å². The van der Waals surface area contributed by atoms with E-state index >= 15 is 0 Å². The summed E-state index contributed by atoms with van der Waals surface area (Å²) in [5, 5.41) is 18.6. The number of rotatable bonds is 7. The number of fused-ring (bicyclic) bond motifs is 1. The summed E-state index contributed by atoms with van der Waals surface area (Å²) in [6, 6.07) is 15.6. The quantitative estimate of drug-likeness (QED) is 0.517. The zero-order valence-corrected chi connectivity index (χ0v) is 18.4. The minimum absolute atomic E-state index is 0.00887. The molecule has 10 nitrogen and oxygen atoms in total. The van der Waals surface area contributed by atoms with Crippen LogP contribution in [0.25, 0.3) is 0 Å². The van der Waals surface area contributed by atoms with Gasteiger partial charge in [-0.25, -0.2) is 9.59 Å². The molecule has 10 heteroatoms. The molecule has 34 heavy (non-hydrogen) atoms. The maximum absolute atomic E-state index is 12.4. The number of carboxylic acids is 2.